The van der Waals surface area contributed by atoms with Crippen molar-refractivity contribution >= 4 is 0 Å². The van der Waals surface area contributed by atoms with Crippen LogP contribution in [0.2, 0.25) is 0 Å². The first kappa shape index (κ1) is 16.6. The number of rotatable bonds is 2. The van der Waals surface area contributed by atoms with Crippen LogP contribution in [0.1, 0.15) is 35.6 Å². The van der Waals surface area contributed by atoms with Crippen LogP contribution in [0, 0.1) is 6.92 Å². The van der Waals surface area contributed by atoms with Gasteiger partial charge in [0.1, 0.15) is 18.5 Å². The van der Waals surface area contributed by atoms with E-state index in [9.17, 15) is 10.2 Å². The zero-order chi connectivity index (χ0) is 17.4. The number of aliphatic hydroxyl groups excluding tert-OH is 1. The van der Waals surface area contributed by atoms with Gasteiger partial charge < -0.3 is 14.9 Å². The van der Waals surface area contributed by atoms with Gasteiger partial charge in [-0.15, -0.1) is 0 Å². The van der Waals surface area contributed by atoms with Crippen LogP contribution >= 0.6 is 0 Å². The predicted molar refractivity (Wildman–Crippen MR) is 96.6 cm³/mol. The molecule has 0 aliphatic carbocycles. The molecule has 0 radical (unpaired) electrons. The second-order valence-electron chi connectivity index (χ2n) is 7.30. The molecule has 2 aliphatic rings. The van der Waals surface area contributed by atoms with Crippen LogP contribution in [0.4, 0.5) is 0 Å². The normalized spacial score (nSPS) is 25.9. The van der Waals surface area contributed by atoms with Gasteiger partial charge in [-0.3, -0.25) is 4.90 Å². The summed E-state index contributed by atoms with van der Waals surface area (Å²) in [5.74, 6) is 0.793. The second kappa shape index (κ2) is 6.45. The van der Waals surface area contributed by atoms with E-state index in [0.717, 1.165) is 35.5 Å². The molecule has 0 saturated carbocycles. The topological polar surface area (TPSA) is 52.9 Å². The minimum absolute atomic E-state index is 0.0597. The zero-order valence-corrected chi connectivity index (χ0v) is 14.6. The number of nitrogens with zero attached hydrogens (tertiary/aromatic N) is 1. The molecule has 0 amide bonds. The predicted octanol–water partition coefficient (Wildman–Crippen LogP) is 2.77. The summed E-state index contributed by atoms with van der Waals surface area (Å²) in [5, 5.41) is 21.8. The average Bonchev–Trinajstić information content (AvgIpc) is 2.64. The first-order chi connectivity index (χ1) is 12.1. The van der Waals surface area contributed by atoms with Crippen LogP contribution in [-0.2, 0) is 5.60 Å². The van der Waals surface area contributed by atoms with Gasteiger partial charge in [-0.25, -0.2) is 0 Å². The highest BCUT2D eigenvalue weighted by atomic mass is 16.5. The van der Waals surface area contributed by atoms with Crippen LogP contribution < -0.4 is 4.74 Å². The smallest absolute Gasteiger partial charge is 0.125 e. The van der Waals surface area contributed by atoms with Crippen molar-refractivity contribution in [1.29, 1.82) is 0 Å². The molecule has 2 heterocycles. The van der Waals surface area contributed by atoms with Crippen molar-refractivity contribution in [1.82, 2.24) is 4.90 Å². The quantitative estimate of drug-likeness (QED) is 0.883. The molecular formula is C21H25NO3. The van der Waals surface area contributed by atoms with Crippen LogP contribution in [0.5, 0.6) is 5.75 Å². The van der Waals surface area contributed by atoms with Crippen LogP contribution in [-0.4, -0.2) is 40.9 Å². The van der Waals surface area contributed by atoms with Crippen molar-refractivity contribution in [3.05, 3.63) is 65.2 Å². The van der Waals surface area contributed by atoms with Crippen LogP contribution in [0.25, 0.3) is 0 Å². The molecule has 2 N–H and O–H groups in total. The summed E-state index contributed by atoms with van der Waals surface area (Å²) >= 11 is 0. The molecule has 132 valence electrons. The Kier molecular flexibility index (Phi) is 4.28. The minimum Gasteiger partial charge on any atom is -0.491 e. The number of hydrogen-bond donors (Lipinski definition) is 2. The van der Waals surface area contributed by atoms with Crippen molar-refractivity contribution in [2.24, 2.45) is 0 Å². The maximum Gasteiger partial charge on any atom is 0.125 e. The summed E-state index contributed by atoms with van der Waals surface area (Å²) in [4.78, 5) is 2.25. The maximum atomic E-state index is 11.0. The third-order valence-electron chi connectivity index (χ3n) is 5.67. The highest BCUT2D eigenvalue weighted by Crippen LogP contribution is 2.38. The van der Waals surface area contributed by atoms with Crippen molar-refractivity contribution in [2.45, 2.75) is 37.5 Å². The van der Waals surface area contributed by atoms with E-state index in [-0.39, 0.29) is 6.04 Å². The highest BCUT2D eigenvalue weighted by molar-refractivity contribution is 5.41. The molecule has 0 spiro atoms. The van der Waals surface area contributed by atoms with Gasteiger partial charge in [0.15, 0.2) is 0 Å². The lowest BCUT2D eigenvalue weighted by Crippen LogP contribution is -2.52. The summed E-state index contributed by atoms with van der Waals surface area (Å²) in [5.41, 5.74) is 2.21. The molecule has 2 aromatic carbocycles. The standard InChI is InChI=1S/C21H25NO3/c1-15-7-8-17-19(13-15)25-14-18(20(17)23)22-11-9-21(24,10-12-22)16-5-3-2-4-6-16/h2-8,13,18,20,23-24H,9-12,14H2,1H3/t18-,20+/m1/s1. The Morgan fingerprint density at radius 3 is 2.52 bits per heavy atom. The molecular weight excluding hydrogens is 314 g/mol. The second-order valence-corrected chi connectivity index (χ2v) is 7.30. The number of benzene rings is 2. The third kappa shape index (κ3) is 3.06. The number of aryl methyl sites for hydroxylation is 1. The molecule has 2 aromatic rings. The summed E-state index contributed by atoms with van der Waals surface area (Å²) in [7, 11) is 0. The highest BCUT2D eigenvalue weighted by Gasteiger charge is 2.40. The van der Waals surface area contributed by atoms with E-state index in [2.05, 4.69) is 4.90 Å². The Morgan fingerprint density at radius 2 is 1.80 bits per heavy atom. The Morgan fingerprint density at radius 1 is 1.08 bits per heavy atom. The monoisotopic (exact) mass is 339 g/mol. The number of aliphatic hydroxyl groups is 2. The van der Waals surface area contributed by atoms with Crippen molar-refractivity contribution in [3.8, 4) is 5.75 Å². The summed E-state index contributed by atoms with van der Waals surface area (Å²) in [6.45, 7) is 4.01. The molecule has 1 fully saturated rings. The summed E-state index contributed by atoms with van der Waals surface area (Å²) in [6, 6.07) is 15.8. The van der Waals surface area contributed by atoms with E-state index in [4.69, 9.17) is 4.74 Å². The molecule has 0 unspecified atom stereocenters. The van der Waals surface area contributed by atoms with Gasteiger partial charge >= 0.3 is 0 Å². The first-order valence-electron chi connectivity index (χ1n) is 9.00. The molecule has 1 saturated heterocycles. The zero-order valence-electron chi connectivity index (χ0n) is 14.6. The lowest BCUT2D eigenvalue weighted by Gasteiger charge is -2.44. The summed E-state index contributed by atoms with van der Waals surface area (Å²) in [6.07, 6.45) is 0.786. The van der Waals surface area contributed by atoms with E-state index in [1.54, 1.807) is 0 Å². The minimum atomic E-state index is -0.771. The third-order valence-corrected chi connectivity index (χ3v) is 5.67. The number of likely N-dealkylation sites (tertiary alicyclic amines) is 1. The van der Waals surface area contributed by atoms with E-state index >= 15 is 0 Å². The Bertz CT molecular complexity index is 738. The van der Waals surface area contributed by atoms with E-state index < -0.39 is 11.7 Å². The molecule has 0 bridgehead atoms. The molecule has 2 atom stereocenters. The molecule has 25 heavy (non-hydrogen) atoms. The van der Waals surface area contributed by atoms with Gasteiger partial charge in [0.05, 0.1) is 11.6 Å². The average molecular weight is 339 g/mol. The number of hydrogen-bond acceptors (Lipinski definition) is 4. The molecule has 4 rings (SSSR count). The fraction of sp³-hybridized carbons (Fsp3) is 0.429. The number of fused-ring (bicyclic) bond motifs is 1. The maximum absolute atomic E-state index is 11.0. The van der Waals surface area contributed by atoms with E-state index in [1.165, 1.54) is 0 Å². The lowest BCUT2D eigenvalue weighted by molar-refractivity contribution is -0.0664. The van der Waals surface area contributed by atoms with Gasteiger partial charge in [-0.1, -0.05) is 42.5 Å². The van der Waals surface area contributed by atoms with Gasteiger partial charge in [-0.2, -0.15) is 0 Å². The van der Waals surface area contributed by atoms with Crippen molar-refractivity contribution in [3.63, 3.8) is 0 Å². The Hall–Kier alpha value is -1.88. The van der Waals surface area contributed by atoms with Crippen LogP contribution in [0.3, 0.4) is 0 Å². The van der Waals surface area contributed by atoms with Crippen LogP contribution in [0.15, 0.2) is 48.5 Å². The molecule has 4 nitrogen and oxygen atoms in total. The first-order valence-corrected chi connectivity index (χ1v) is 9.00. The summed E-state index contributed by atoms with van der Waals surface area (Å²) < 4.78 is 5.91. The van der Waals surface area contributed by atoms with E-state index in [1.807, 2.05) is 55.5 Å². The van der Waals surface area contributed by atoms with Gasteiger partial charge in [0, 0.05) is 18.7 Å². The van der Waals surface area contributed by atoms with Gasteiger partial charge in [0.2, 0.25) is 0 Å². The SMILES string of the molecule is Cc1ccc2c(c1)OC[C@@H](N1CCC(O)(c3ccccc3)CC1)[C@H]2O. The fourth-order valence-corrected chi connectivity index (χ4v) is 4.05. The lowest BCUT2D eigenvalue weighted by atomic mass is 9.83. The molecule has 4 heteroatoms. The number of piperidine rings is 1. The Labute approximate surface area is 148 Å². The molecule has 2 aliphatic heterocycles. The fourth-order valence-electron chi connectivity index (χ4n) is 4.05. The largest absolute Gasteiger partial charge is 0.491 e. The van der Waals surface area contributed by atoms with E-state index in [0.29, 0.717) is 19.4 Å². The van der Waals surface area contributed by atoms with Gasteiger partial charge in [0.25, 0.3) is 0 Å². The van der Waals surface area contributed by atoms with Crippen molar-refractivity contribution in [2.75, 3.05) is 19.7 Å². The molecule has 0 aromatic heterocycles. The Balaban J connectivity index is 1.47. The number of ether oxygens (including phenoxy) is 1. The van der Waals surface area contributed by atoms with Gasteiger partial charge in [-0.05, 0) is 37.0 Å². The van der Waals surface area contributed by atoms with Crippen molar-refractivity contribution < 1.29 is 14.9 Å².